The Morgan fingerprint density at radius 2 is 2.07 bits per heavy atom. The smallest absolute Gasteiger partial charge is 0.270 e. The van der Waals surface area contributed by atoms with Gasteiger partial charge >= 0.3 is 0 Å². The lowest BCUT2D eigenvalue weighted by Crippen LogP contribution is -2.38. The lowest BCUT2D eigenvalue weighted by atomic mass is 9.96. The minimum atomic E-state index is -0.703. The molecule has 9 heteroatoms. The maximum Gasteiger partial charge on any atom is 0.270 e. The molecule has 4 rings (SSSR count). The van der Waals surface area contributed by atoms with Crippen molar-refractivity contribution >= 4 is 22.3 Å². The number of anilines is 1. The van der Waals surface area contributed by atoms with Gasteiger partial charge in [-0.3, -0.25) is 14.9 Å². The zero-order valence-electron chi connectivity index (χ0n) is 14.6. The molecule has 27 heavy (non-hydrogen) atoms. The number of aryl methyl sites for hydroxylation is 1. The van der Waals surface area contributed by atoms with Gasteiger partial charge in [0.05, 0.1) is 22.7 Å². The fraction of sp³-hybridized carbons (Fsp3) is 0.278. The number of pyridine rings is 1. The highest BCUT2D eigenvalue weighted by molar-refractivity contribution is 5.93. The van der Waals surface area contributed by atoms with Crippen molar-refractivity contribution < 1.29 is 9.66 Å². The van der Waals surface area contributed by atoms with E-state index < -0.39 is 10.5 Å². The van der Waals surface area contributed by atoms with E-state index in [0.29, 0.717) is 42.0 Å². The molecule has 3 heterocycles. The van der Waals surface area contributed by atoms with E-state index in [-0.39, 0.29) is 11.2 Å². The van der Waals surface area contributed by atoms with Crippen LogP contribution in [0.5, 0.6) is 0 Å². The van der Waals surface area contributed by atoms with Crippen LogP contribution in [0.25, 0.3) is 10.9 Å². The minimum Gasteiger partial charge on any atom is -0.378 e. The van der Waals surface area contributed by atoms with Crippen LogP contribution in [-0.4, -0.2) is 32.7 Å². The van der Waals surface area contributed by atoms with Crippen molar-refractivity contribution in [1.82, 2.24) is 14.5 Å². The Morgan fingerprint density at radius 1 is 1.30 bits per heavy atom. The highest BCUT2D eigenvalue weighted by atomic mass is 16.6. The van der Waals surface area contributed by atoms with E-state index >= 15 is 0 Å². The number of benzene rings is 1. The quantitative estimate of drug-likeness (QED) is 0.554. The Balaban J connectivity index is 1.90. The first-order chi connectivity index (χ1) is 13.0. The largest absolute Gasteiger partial charge is 0.378 e. The molecule has 1 unspecified atom stereocenters. The van der Waals surface area contributed by atoms with Crippen LogP contribution in [0.3, 0.4) is 0 Å². The first kappa shape index (κ1) is 17.1. The van der Waals surface area contributed by atoms with Crippen LogP contribution >= 0.6 is 0 Å². The lowest BCUT2D eigenvalue weighted by Gasteiger charge is -2.29. The van der Waals surface area contributed by atoms with Crippen LogP contribution < -0.4 is 10.9 Å². The summed E-state index contributed by atoms with van der Waals surface area (Å²) in [6.07, 6.45) is 3.91. The van der Waals surface area contributed by atoms with Gasteiger partial charge in [0.25, 0.3) is 11.2 Å². The molecule has 1 atom stereocenters. The predicted octanol–water partition coefficient (Wildman–Crippen LogP) is 1.96. The third kappa shape index (κ3) is 2.91. The first-order valence-corrected chi connectivity index (χ1v) is 8.42. The number of nitro benzene ring substituents is 1. The standard InChI is InChI=1S/C18H17N5O4/c1-22-15-4-3-12(23(25)26)9-13(15)14(10-16(22)24)21-18(5-8-27-11-18)17-19-6-2-7-20-17/h2-4,6-7,9-10,21H,5,8,11H2,1H3. The number of nitro groups is 1. The fourth-order valence-electron chi connectivity index (χ4n) is 3.37. The summed E-state index contributed by atoms with van der Waals surface area (Å²) >= 11 is 0. The molecule has 0 aliphatic carbocycles. The number of hydrogen-bond acceptors (Lipinski definition) is 7. The monoisotopic (exact) mass is 367 g/mol. The maximum absolute atomic E-state index is 12.4. The van der Waals surface area contributed by atoms with Gasteiger partial charge in [0.1, 0.15) is 5.54 Å². The van der Waals surface area contributed by atoms with Crippen LogP contribution in [-0.2, 0) is 17.3 Å². The van der Waals surface area contributed by atoms with Crippen molar-refractivity contribution in [3.63, 3.8) is 0 Å². The molecule has 1 saturated heterocycles. The molecule has 0 amide bonds. The Labute approximate surface area is 153 Å². The van der Waals surface area contributed by atoms with Gasteiger partial charge in [0.2, 0.25) is 0 Å². The summed E-state index contributed by atoms with van der Waals surface area (Å²) in [5.41, 5.74) is 0.123. The van der Waals surface area contributed by atoms with Crippen molar-refractivity contribution in [2.45, 2.75) is 12.0 Å². The molecule has 9 nitrogen and oxygen atoms in total. The molecule has 2 aromatic heterocycles. The number of fused-ring (bicyclic) bond motifs is 1. The molecule has 0 radical (unpaired) electrons. The van der Waals surface area contributed by atoms with Crippen LogP contribution in [0.1, 0.15) is 12.2 Å². The Bertz CT molecular complexity index is 1070. The summed E-state index contributed by atoms with van der Waals surface area (Å²) in [4.78, 5) is 31.9. The summed E-state index contributed by atoms with van der Waals surface area (Å²) in [5, 5.41) is 15.2. The third-order valence-corrected chi connectivity index (χ3v) is 4.83. The summed E-state index contributed by atoms with van der Waals surface area (Å²) in [7, 11) is 1.63. The Kier molecular flexibility index (Phi) is 4.08. The van der Waals surface area contributed by atoms with E-state index in [1.807, 2.05) is 0 Å². The minimum absolute atomic E-state index is 0.0446. The van der Waals surface area contributed by atoms with E-state index in [1.165, 1.54) is 22.8 Å². The van der Waals surface area contributed by atoms with E-state index in [2.05, 4.69) is 15.3 Å². The fourth-order valence-corrected chi connectivity index (χ4v) is 3.37. The number of aromatic nitrogens is 3. The summed E-state index contributed by atoms with van der Waals surface area (Å²) in [6.45, 7) is 0.858. The van der Waals surface area contributed by atoms with Crippen LogP contribution in [0.15, 0.2) is 47.5 Å². The maximum atomic E-state index is 12.4. The van der Waals surface area contributed by atoms with E-state index in [9.17, 15) is 14.9 Å². The highest BCUT2D eigenvalue weighted by Gasteiger charge is 2.40. The van der Waals surface area contributed by atoms with Crippen molar-refractivity contribution in [3.8, 4) is 0 Å². The van der Waals surface area contributed by atoms with E-state index in [0.717, 1.165) is 0 Å². The van der Waals surface area contributed by atoms with Crippen molar-refractivity contribution in [2.24, 2.45) is 7.05 Å². The zero-order chi connectivity index (χ0) is 19.0. The topological polar surface area (TPSA) is 112 Å². The number of rotatable bonds is 4. The van der Waals surface area contributed by atoms with Crippen LogP contribution in [0.2, 0.25) is 0 Å². The summed E-state index contributed by atoms with van der Waals surface area (Å²) < 4.78 is 7.04. The summed E-state index contributed by atoms with van der Waals surface area (Å²) in [6, 6.07) is 7.60. The molecule has 1 fully saturated rings. The molecule has 1 aromatic carbocycles. The van der Waals surface area contributed by atoms with E-state index in [1.54, 1.807) is 31.6 Å². The van der Waals surface area contributed by atoms with Gasteiger partial charge in [-0.05, 0) is 12.1 Å². The van der Waals surface area contributed by atoms with Crippen LogP contribution in [0.4, 0.5) is 11.4 Å². The number of nitrogens with one attached hydrogen (secondary N) is 1. The molecule has 3 aromatic rings. The highest BCUT2D eigenvalue weighted by Crippen LogP contribution is 2.35. The Hall–Kier alpha value is -3.33. The van der Waals surface area contributed by atoms with Crippen molar-refractivity contribution in [3.05, 3.63) is 69.0 Å². The van der Waals surface area contributed by atoms with Crippen molar-refractivity contribution in [2.75, 3.05) is 18.5 Å². The third-order valence-electron chi connectivity index (χ3n) is 4.83. The molecule has 138 valence electrons. The molecule has 1 aliphatic rings. The van der Waals surface area contributed by atoms with Crippen LogP contribution in [0, 0.1) is 10.1 Å². The Morgan fingerprint density at radius 3 is 2.74 bits per heavy atom. The van der Waals surface area contributed by atoms with Gasteiger partial charge in [0, 0.05) is 56.1 Å². The molecular weight excluding hydrogens is 350 g/mol. The molecular formula is C18H17N5O4. The average molecular weight is 367 g/mol. The van der Waals surface area contributed by atoms with Gasteiger partial charge in [-0.25, -0.2) is 9.97 Å². The zero-order valence-corrected chi connectivity index (χ0v) is 14.6. The number of ether oxygens (including phenoxy) is 1. The first-order valence-electron chi connectivity index (χ1n) is 8.42. The summed E-state index contributed by atoms with van der Waals surface area (Å²) in [5.74, 6) is 0.557. The SMILES string of the molecule is Cn1c(=O)cc(NC2(c3ncccn3)CCOC2)c2cc([N+](=O)[O-])ccc21. The predicted molar refractivity (Wildman–Crippen MR) is 98.6 cm³/mol. The second-order valence-electron chi connectivity index (χ2n) is 6.50. The van der Waals surface area contributed by atoms with Gasteiger partial charge in [-0.1, -0.05) is 0 Å². The second kappa shape index (κ2) is 6.44. The number of nitrogens with zero attached hydrogens (tertiary/aromatic N) is 4. The molecule has 0 bridgehead atoms. The van der Waals surface area contributed by atoms with Gasteiger partial charge in [-0.2, -0.15) is 0 Å². The van der Waals surface area contributed by atoms with Gasteiger partial charge in [0.15, 0.2) is 5.82 Å². The number of non-ortho nitro benzene ring substituents is 1. The number of hydrogen-bond donors (Lipinski definition) is 1. The average Bonchev–Trinajstić information content (AvgIpc) is 3.16. The molecule has 0 spiro atoms. The molecule has 1 N–H and O–H groups in total. The molecule has 0 saturated carbocycles. The van der Waals surface area contributed by atoms with Gasteiger partial charge < -0.3 is 14.6 Å². The van der Waals surface area contributed by atoms with Gasteiger partial charge in [-0.15, -0.1) is 0 Å². The molecule has 1 aliphatic heterocycles. The lowest BCUT2D eigenvalue weighted by molar-refractivity contribution is -0.384. The second-order valence-corrected chi connectivity index (χ2v) is 6.50. The van der Waals surface area contributed by atoms with E-state index in [4.69, 9.17) is 4.74 Å². The normalized spacial score (nSPS) is 19.3. The van der Waals surface area contributed by atoms with Crippen molar-refractivity contribution in [1.29, 1.82) is 0 Å².